The van der Waals surface area contributed by atoms with E-state index in [1.807, 2.05) is 0 Å². The van der Waals surface area contributed by atoms with Crippen molar-refractivity contribution < 1.29 is 9.47 Å². The normalized spacial score (nSPS) is 12.4. The van der Waals surface area contributed by atoms with Crippen LogP contribution in [0.15, 0.2) is 109 Å². The van der Waals surface area contributed by atoms with Crippen LogP contribution in [-0.2, 0) is 0 Å². The summed E-state index contributed by atoms with van der Waals surface area (Å²) in [6, 6.07) is 38.5. The molecule has 0 unspecified atom stereocenters. The number of hydrogen-bond donors (Lipinski definition) is 0. The lowest BCUT2D eigenvalue weighted by Gasteiger charge is -2.14. The van der Waals surface area contributed by atoms with Gasteiger partial charge in [-0.1, -0.05) is 97.1 Å². The molecule has 38 heavy (non-hydrogen) atoms. The molecule has 0 atom stereocenters. The van der Waals surface area contributed by atoms with Crippen LogP contribution in [0.1, 0.15) is 33.4 Å². The third-order valence-corrected chi connectivity index (χ3v) is 7.63. The molecule has 7 rings (SSSR count). The number of ether oxygens (including phenoxy) is 2. The number of benzene rings is 5. The minimum atomic E-state index is 0.812. The molecule has 5 aromatic carbocycles. The van der Waals surface area contributed by atoms with E-state index in [4.69, 9.17) is 9.47 Å². The fourth-order valence-corrected chi connectivity index (χ4v) is 5.89. The fourth-order valence-electron chi connectivity index (χ4n) is 5.89. The summed E-state index contributed by atoms with van der Waals surface area (Å²) in [5.74, 6) is 1.62. The second-order valence-electron chi connectivity index (χ2n) is 9.63. The standard InChI is InChI=1S/C36H26O2/c1-37-35-21-24(20-34-31-17-9-5-13-27(31)28-14-6-10-18-32(28)34)36(38-2)22-23(35)19-33-29-15-7-3-11-25(29)26-12-4-8-16-30(26)33/h3-22H,1-2H3. The number of methoxy groups -OCH3 is 2. The third-order valence-electron chi connectivity index (χ3n) is 7.63. The Hall–Kier alpha value is -4.82. The van der Waals surface area contributed by atoms with Crippen LogP contribution in [0.4, 0.5) is 0 Å². The van der Waals surface area contributed by atoms with Gasteiger partial charge in [0.2, 0.25) is 0 Å². The molecule has 2 aliphatic carbocycles. The predicted molar refractivity (Wildman–Crippen MR) is 157 cm³/mol. The van der Waals surface area contributed by atoms with Crippen molar-refractivity contribution in [2.75, 3.05) is 14.2 Å². The largest absolute Gasteiger partial charge is 0.496 e. The van der Waals surface area contributed by atoms with Crippen LogP contribution in [-0.4, -0.2) is 14.2 Å². The summed E-state index contributed by atoms with van der Waals surface area (Å²) >= 11 is 0. The molecule has 0 fully saturated rings. The zero-order valence-electron chi connectivity index (χ0n) is 21.4. The van der Waals surface area contributed by atoms with Crippen LogP contribution >= 0.6 is 0 Å². The summed E-state index contributed by atoms with van der Waals surface area (Å²) in [4.78, 5) is 0. The van der Waals surface area contributed by atoms with Gasteiger partial charge in [0.05, 0.1) is 14.2 Å². The van der Waals surface area contributed by atoms with E-state index in [9.17, 15) is 0 Å². The van der Waals surface area contributed by atoms with Crippen LogP contribution < -0.4 is 9.47 Å². The quantitative estimate of drug-likeness (QED) is 0.245. The molecular formula is C36H26O2. The summed E-state index contributed by atoms with van der Waals surface area (Å²) < 4.78 is 11.9. The summed E-state index contributed by atoms with van der Waals surface area (Å²) in [5, 5.41) is 0. The molecular weight excluding hydrogens is 464 g/mol. The van der Waals surface area contributed by atoms with Crippen LogP contribution in [0.2, 0.25) is 0 Å². The van der Waals surface area contributed by atoms with Crippen LogP contribution in [0, 0.1) is 0 Å². The van der Waals surface area contributed by atoms with Crippen molar-refractivity contribution in [2.45, 2.75) is 0 Å². The zero-order valence-corrected chi connectivity index (χ0v) is 21.4. The first-order valence-corrected chi connectivity index (χ1v) is 12.8. The molecule has 5 aromatic rings. The van der Waals surface area contributed by atoms with Crippen molar-refractivity contribution in [3.05, 3.63) is 143 Å². The summed E-state index contributed by atoms with van der Waals surface area (Å²) in [7, 11) is 3.47. The van der Waals surface area contributed by atoms with Crippen LogP contribution in [0.25, 0.3) is 45.6 Å². The third kappa shape index (κ3) is 3.42. The van der Waals surface area contributed by atoms with Crippen molar-refractivity contribution in [1.82, 2.24) is 0 Å². The molecule has 2 aliphatic rings. The molecule has 0 spiro atoms. The highest BCUT2D eigenvalue weighted by Gasteiger charge is 2.25. The highest BCUT2D eigenvalue weighted by atomic mass is 16.5. The van der Waals surface area contributed by atoms with Gasteiger partial charge in [-0.25, -0.2) is 0 Å². The topological polar surface area (TPSA) is 18.5 Å². The van der Waals surface area contributed by atoms with Crippen LogP contribution in [0.3, 0.4) is 0 Å². The van der Waals surface area contributed by atoms with Gasteiger partial charge in [-0.3, -0.25) is 0 Å². The first kappa shape index (κ1) is 22.4. The van der Waals surface area contributed by atoms with Crippen molar-refractivity contribution in [2.24, 2.45) is 0 Å². The SMILES string of the molecule is COc1cc(C=C2c3ccccc3-c3ccccc32)c(OC)cc1C=C1c2ccccc2-c2ccccc21. The van der Waals surface area contributed by atoms with Crippen molar-refractivity contribution >= 4 is 23.3 Å². The summed E-state index contributed by atoms with van der Waals surface area (Å²) in [6.07, 6.45) is 4.45. The molecule has 0 heterocycles. The monoisotopic (exact) mass is 490 g/mol. The lowest BCUT2D eigenvalue weighted by atomic mass is 9.97. The van der Waals surface area contributed by atoms with Gasteiger partial charge in [-0.2, -0.15) is 0 Å². The Bertz CT molecular complexity index is 1560. The van der Waals surface area contributed by atoms with Gasteiger partial charge in [0.25, 0.3) is 0 Å². The van der Waals surface area contributed by atoms with Gasteiger partial charge >= 0.3 is 0 Å². The Labute approximate surface area is 223 Å². The second-order valence-corrected chi connectivity index (χ2v) is 9.63. The maximum atomic E-state index is 5.95. The van der Waals surface area contributed by atoms with E-state index in [0.29, 0.717) is 0 Å². The van der Waals surface area contributed by atoms with E-state index < -0.39 is 0 Å². The van der Waals surface area contributed by atoms with E-state index in [1.165, 1.54) is 55.7 Å². The van der Waals surface area contributed by atoms with E-state index in [-0.39, 0.29) is 0 Å². The van der Waals surface area contributed by atoms with Gasteiger partial charge in [-0.05, 0) is 79.9 Å². The Morgan fingerprint density at radius 1 is 0.395 bits per heavy atom. The number of fused-ring (bicyclic) bond motifs is 6. The minimum Gasteiger partial charge on any atom is -0.496 e. The molecule has 0 saturated heterocycles. The van der Waals surface area contributed by atoms with Crippen molar-refractivity contribution in [3.8, 4) is 33.8 Å². The first-order valence-electron chi connectivity index (χ1n) is 12.8. The van der Waals surface area contributed by atoms with Gasteiger partial charge in [-0.15, -0.1) is 0 Å². The highest BCUT2D eigenvalue weighted by molar-refractivity contribution is 6.08. The van der Waals surface area contributed by atoms with Crippen molar-refractivity contribution in [3.63, 3.8) is 0 Å². The van der Waals surface area contributed by atoms with Crippen LogP contribution in [0.5, 0.6) is 11.5 Å². The Morgan fingerprint density at radius 2 is 0.658 bits per heavy atom. The van der Waals surface area contributed by atoms with Gasteiger partial charge in [0.1, 0.15) is 11.5 Å². The first-order chi connectivity index (χ1) is 18.8. The van der Waals surface area contributed by atoms with Gasteiger partial charge in [0, 0.05) is 11.1 Å². The predicted octanol–water partition coefficient (Wildman–Crippen LogP) is 8.84. The van der Waals surface area contributed by atoms with Gasteiger partial charge < -0.3 is 9.47 Å². The lowest BCUT2D eigenvalue weighted by molar-refractivity contribution is 0.401. The van der Waals surface area contributed by atoms with E-state index in [0.717, 1.165) is 22.6 Å². The second kappa shape index (κ2) is 8.93. The smallest absolute Gasteiger partial charge is 0.126 e. The minimum absolute atomic E-state index is 0.812. The van der Waals surface area contributed by atoms with Crippen molar-refractivity contribution in [1.29, 1.82) is 0 Å². The van der Waals surface area contributed by atoms with E-state index >= 15 is 0 Å². The maximum absolute atomic E-state index is 5.95. The van der Waals surface area contributed by atoms with E-state index in [1.54, 1.807) is 14.2 Å². The zero-order chi connectivity index (χ0) is 25.6. The summed E-state index contributed by atoms with van der Waals surface area (Å²) in [5.41, 5.74) is 14.4. The number of hydrogen-bond acceptors (Lipinski definition) is 2. The Kier molecular flexibility index (Phi) is 5.26. The molecule has 182 valence electrons. The molecule has 0 bridgehead atoms. The average Bonchev–Trinajstić information content (AvgIpc) is 3.46. The Morgan fingerprint density at radius 3 is 0.921 bits per heavy atom. The summed E-state index contributed by atoms with van der Waals surface area (Å²) in [6.45, 7) is 0. The van der Waals surface area contributed by atoms with E-state index in [2.05, 4.69) is 121 Å². The molecule has 2 heteroatoms. The number of rotatable bonds is 4. The molecule has 0 radical (unpaired) electrons. The molecule has 2 nitrogen and oxygen atoms in total. The highest BCUT2D eigenvalue weighted by Crippen LogP contribution is 2.47. The molecule has 0 N–H and O–H groups in total. The maximum Gasteiger partial charge on any atom is 0.126 e. The lowest BCUT2D eigenvalue weighted by Crippen LogP contribution is -1.95. The molecule has 0 aliphatic heterocycles. The molecule has 0 saturated carbocycles. The average molecular weight is 491 g/mol. The fraction of sp³-hybridized carbons (Fsp3) is 0.0556. The Balaban J connectivity index is 1.40. The molecule has 0 amide bonds. The molecule has 0 aromatic heterocycles. The van der Waals surface area contributed by atoms with Gasteiger partial charge in [0.15, 0.2) is 0 Å².